The Kier molecular flexibility index (Phi) is 4.06. The number of aromatic nitrogens is 2. The number of para-hydroxylation sites is 1. The molecule has 2 heterocycles. The van der Waals surface area contributed by atoms with E-state index in [4.69, 9.17) is 11.6 Å². The second kappa shape index (κ2) is 6.22. The zero-order valence-electron chi connectivity index (χ0n) is 13.4. The quantitative estimate of drug-likeness (QED) is 0.771. The fraction of sp³-hybridized carbons (Fsp3) is 0.278. The summed E-state index contributed by atoms with van der Waals surface area (Å²) in [6.45, 7) is 1.04. The Balaban J connectivity index is 1.66. The van der Waals surface area contributed by atoms with Crippen LogP contribution in [0.4, 0.5) is 5.69 Å². The van der Waals surface area contributed by atoms with Gasteiger partial charge in [-0.15, -0.1) is 0 Å². The molecule has 0 saturated heterocycles. The number of aromatic amines is 1. The first kappa shape index (κ1) is 15.7. The predicted molar refractivity (Wildman–Crippen MR) is 99.2 cm³/mol. The first-order valence-electron chi connectivity index (χ1n) is 7.97. The first-order chi connectivity index (χ1) is 11.6. The molecule has 24 heavy (non-hydrogen) atoms. The third-order valence-corrected chi connectivity index (χ3v) is 5.88. The molecule has 1 N–H and O–H groups in total. The Labute approximate surface area is 148 Å². The number of hydrogen-bond donors (Lipinski definition) is 1. The summed E-state index contributed by atoms with van der Waals surface area (Å²) in [5.41, 5.74) is 5.30. The molecule has 3 aromatic rings. The van der Waals surface area contributed by atoms with Crippen LogP contribution in [0.2, 0.25) is 5.02 Å². The van der Waals surface area contributed by atoms with Crippen LogP contribution in [0.15, 0.2) is 41.6 Å². The first-order valence-corrected chi connectivity index (χ1v) is 9.67. The second-order valence-corrected chi connectivity index (χ2v) is 7.95. The number of rotatable bonds is 3. The highest BCUT2D eigenvalue weighted by molar-refractivity contribution is 7.84. The zero-order chi connectivity index (χ0) is 16.7. The molecule has 1 atom stereocenters. The number of H-pyrrole nitrogens is 1. The molecule has 2 aromatic carbocycles. The summed E-state index contributed by atoms with van der Waals surface area (Å²) in [6, 6.07) is 11.7. The van der Waals surface area contributed by atoms with Crippen molar-refractivity contribution >= 4 is 39.1 Å². The predicted octanol–water partition coefficient (Wildman–Crippen LogP) is 3.91. The summed E-state index contributed by atoms with van der Waals surface area (Å²) >= 11 is 6.00. The van der Waals surface area contributed by atoms with Crippen molar-refractivity contribution in [1.82, 2.24) is 9.97 Å². The molecule has 0 saturated carbocycles. The van der Waals surface area contributed by atoms with Gasteiger partial charge < -0.3 is 9.88 Å². The summed E-state index contributed by atoms with van der Waals surface area (Å²) < 4.78 is 12.8. The lowest BCUT2D eigenvalue weighted by Gasteiger charge is -2.29. The largest absolute Gasteiger partial charge is 0.374 e. The van der Waals surface area contributed by atoms with Crippen LogP contribution in [0.3, 0.4) is 0 Å². The number of nitrogens with one attached hydrogen (secondary N) is 1. The molecule has 6 heteroatoms. The van der Waals surface area contributed by atoms with Crippen LogP contribution < -0.4 is 4.90 Å². The van der Waals surface area contributed by atoms with Crippen molar-refractivity contribution in [2.75, 3.05) is 18.5 Å². The zero-order valence-corrected chi connectivity index (χ0v) is 15.0. The van der Waals surface area contributed by atoms with E-state index in [1.807, 2.05) is 12.1 Å². The van der Waals surface area contributed by atoms with Crippen LogP contribution in [-0.4, -0.2) is 27.8 Å². The van der Waals surface area contributed by atoms with Crippen LogP contribution in [0, 0.1) is 0 Å². The number of nitrogens with zero attached hydrogens (tertiary/aromatic N) is 2. The van der Waals surface area contributed by atoms with Crippen molar-refractivity contribution in [3.8, 4) is 0 Å². The maximum absolute atomic E-state index is 12.8. The summed E-state index contributed by atoms with van der Waals surface area (Å²) in [6.07, 6.45) is 2.25. The van der Waals surface area contributed by atoms with Gasteiger partial charge in [-0.2, -0.15) is 0 Å². The van der Waals surface area contributed by atoms with Gasteiger partial charge in [0.25, 0.3) is 0 Å². The van der Waals surface area contributed by atoms with Gasteiger partial charge in [0.1, 0.15) is 0 Å². The Morgan fingerprint density at radius 3 is 3.08 bits per heavy atom. The monoisotopic (exact) mass is 359 g/mol. The van der Waals surface area contributed by atoms with E-state index >= 15 is 0 Å². The van der Waals surface area contributed by atoms with Gasteiger partial charge in [0.2, 0.25) is 0 Å². The van der Waals surface area contributed by atoms with Gasteiger partial charge in [0.05, 0.1) is 27.6 Å². The minimum absolute atomic E-state index is 0.459. The SMILES string of the molecule is CN1CCCc2cccc(CS(=O)c3nc4ccc(Cl)cc4[nH]3)c21. The molecule has 0 bridgehead atoms. The molecule has 0 aliphatic carbocycles. The molecule has 1 aromatic heterocycles. The molecule has 0 amide bonds. The van der Waals surface area contributed by atoms with E-state index in [0.717, 1.165) is 29.6 Å². The van der Waals surface area contributed by atoms with E-state index in [1.165, 1.54) is 17.7 Å². The molecule has 1 unspecified atom stereocenters. The third-order valence-electron chi connectivity index (χ3n) is 4.45. The van der Waals surface area contributed by atoms with E-state index in [9.17, 15) is 4.21 Å². The Hall–Kier alpha value is -1.85. The summed E-state index contributed by atoms with van der Waals surface area (Å²) in [4.78, 5) is 9.86. The van der Waals surface area contributed by atoms with Gasteiger partial charge in [0.15, 0.2) is 5.16 Å². The lowest BCUT2D eigenvalue weighted by molar-refractivity contribution is 0.677. The number of aryl methyl sites for hydroxylation is 1. The van der Waals surface area contributed by atoms with Crippen molar-refractivity contribution in [3.63, 3.8) is 0 Å². The van der Waals surface area contributed by atoms with Gasteiger partial charge in [0, 0.05) is 24.3 Å². The highest BCUT2D eigenvalue weighted by Gasteiger charge is 2.19. The number of anilines is 1. The molecule has 1 aliphatic rings. The number of imidazole rings is 1. The van der Waals surface area contributed by atoms with Gasteiger partial charge in [-0.05, 0) is 42.2 Å². The van der Waals surface area contributed by atoms with E-state index in [2.05, 4.69) is 40.1 Å². The Bertz CT molecular complexity index is 937. The van der Waals surface area contributed by atoms with Gasteiger partial charge >= 0.3 is 0 Å². The van der Waals surface area contributed by atoms with Crippen molar-refractivity contribution in [2.24, 2.45) is 0 Å². The number of hydrogen-bond acceptors (Lipinski definition) is 3. The lowest BCUT2D eigenvalue weighted by Crippen LogP contribution is -2.26. The number of benzene rings is 2. The Morgan fingerprint density at radius 2 is 2.21 bits per heavy atom. The maximum atomic E-state index is 12.8. The van der Waals surface area contributed by atoms with E-state index in [1.54, 1.807) is 6.07 Å². The highest BCUT2D eigenvalue weighted by Crippen LogP contribution is 2.31. The molecular weight excluding hydrogens is 342 g/mol. The van der Waals surface area contributed by atoms with Crippen LogP contribution in [0.5, 0.6) is 0 Å². The standard InChI is InChI=1S/C18H18ClN3OS/c1-22-9-3-6-12-4-2-5-13(17(12)22)11-24(23)18-20-15-8-7-14(19)10-16(15)21-18/h2,4-5,7-8,10H,3,6,9,11H2,1H3,(H,20,21). The highest BCUT2D eigenvalue weighted by atomic mass is 35.5. The molecule has 4 nitrogen and oxygen atoms in total. The molecule has 4 rings (SSSR count). The van der Waals surface area contributed by atoms with Crippen LogP contribution in [0.25, 0.3) is 11.0 Å². The van der Waals surface area contributed by atoms with Crippen molar-refractivity contribution in [3.05, 3.63) is 52.5 Å². The van der Waals surface area contributed by atoms with Gasteiger partial charge in [-0.3, -0.25) is 4.21 Å². The van der Waals surface area contributed by atoms with Gasteiger partial charge in [-0.1, -0.05) is 29.8 Å². The van der Waals surface area contributed by atoms with Crippen molar-refractivity contribution < 1.29 is 4.21 Å². The molecule has 1 aliphatic heterocycles. The number of halogens is 1. The van der Waals surface area contributed by atoms with Crippen molar-refractivity contribution in [1.29, 1.82) is 0 Å². The van der Waals surface area contributed by atoms with E-state index < -0.39 is 10.8 Å². The summed E-state index contributed by atoms with van der Waals surface area (Å²) in [5.74, 6) is 0.459. The minimum atomic E-state index is -1.22. The smallest absolute Gasteiger partial charge is 0.197 e. The summed E-state index contributed by atoms with van der Waals surface area (Å²) in [7, 11) is 0.882. The molecular formula is C18H18ClN3OS. The fourth-order valence-corrected chi connectivity index (χ4v) is 4.60. The topological polar surface area (TPSA) is 49.0 Å². The number of fused-ring (bicyclic) bond motifs is 2. The van der Waals surface area contributed by atoms with E-state index in [0.29, 0.717) is 15.9 Å². The average Bonchev–Trinajstić information content (AvgIpc) is 2.98. The normalized spacial score (nSPS) is 15.5. The van der Waals surface area contributed by atoms with Crippen LogP contribution in [-0.2, 0) is 23.0 Å². The molecule has 0 spiro atoms. The molecule has 0 radical (unpaired) electrons. The minimum Gasteiger partial charge on any atom is -0.374 e. The Morgan fingerprint density at radius 1 is 1.33 bits per heavy atom. The van der Waals surface area contributed by atoms with Gasteiger partial charge in [-0.25, -0.2) is 4.98 Å². The molecule has 124 valence electrons. The van der Waals surface area contributed by atoms with Crippen molar-refractivity contribution in [2.45, 2.75) is 23.8 Å². The van der Waals surface area contributed by atoms with Crippen LogP contribution >= 0.6 is 11.6 Å². The summed E-state index contributed by atoms with van der Waals surface area (Å²) in [5, 5.41) is 1.14. The lowest BCUT2D eigenvalue weighted by atomic mass is 9.99. The maximum Gasteiger partial charge on any atom is 0.197 e. The second-order valence-electron chi connectivity index (χ2n) is 6.14. The van der Waals surface area contributed by atoms with E-state index in [-0.39, 0.29) is 0 Å². The molecule has 0 fully saturated rings. The third kappa shape index (κ3) is 2.82. The van der Waals surface area contributed by atoms with Crippen LogP contribution in [0.1, 0.15) is 17.5 Å². The average molecular weight is 360 g/mol. The fourth-order valence-electron chi connectivity index (χ4n) is 3.35.